The van der Waals surface area contributed by atoms with E-state index in [2.05, 4.69) is 15.0 Å². The van der Waals surface area contributed by atoms with Crippen LogP contribution >= 0.6 is 0 Å². The van der Waals surface area contributed by atoms with Crippen LogP contribution in [0.15, 0.2) is 47.5 Å². The number of anilines is 1. The fourth-order valence-electron chi connectivity index (χ4n) is 2.43. The van der Waals surface area contributed by atoms with E-state index in [0.29, 0.717) is 0 Å². The molecule has 2 N–H and O–H groups in total. The summed E-state index contributed by atoms with van der Waals surface area (Å²) in [5.41, 5.74) is 0.899. The van der Waals surface area contributed by atoms with Gasteiger partial charge in [0.15, 0.2) is 0 Å². The number of nitrogens with one attached hydrogen (secondary N) is 2. The normalized spacial score (nSPS) is 10.8. The Bertz CT molecular complexity index is 1040. The van der Waals surface area contributed by atoms with Crippen molar-refractivity contribution in [3.05, 3.63) is 53.7 Å². The fourth-order valence-corrected chi connectivity index (χ4v) is 3.80. The first kappa shape index (κ1) is 22.8. The molecule has 0 fully saturated rings. The van der Waals surface area contributed by atoms with Crippen molar-refractivity contribution in [2.24, 2.45) is 0 Å². The Kier molecular flexibility index (Phi) is 7.48. The minimum Gasteiger partial charge on any atom is -0.465 e. The molecule has 0 unspecified atom stereocenters. The number of sulfonamides is 1. The molecule has 0 saturated carbocycles. The Morgan fingerprint density at radius 1 is 1.13 bits per heavy atom. The second kappa shape index (κ2) is 9.83. The number of rotatable bonds is 7. The first-order valence-corrected chi connectivity index (χ1v) is 10.3. The molecule has 2 aromatic rings. The van der Waals surface area contributed by atoms with Crippen molar-refractivity contribution in [3.63, 3.8) is 0 Å². The van der Waals surface area contributed by atoms with Gasteiger partial charge in [-0.3, -0.25) is 10.1 Å². The smallest absolute Gasteiger partial charge is 0.338 e. The van der Waals surface area contributed by atoms with Crippen LogP contribution in [0.1, 0.15) is 22.8 Å². The van der Waals surface area contributed by atoms with Gasteiger partial charge in [0.05, 0.1) is 17.6 Å². The third-order valence-electron chi connectivity index (χ3n) is 3.91. The molecule has 1 aromatic carbocycles. The van der Waals surface area contributed by atoms with Gasteiger partial charge >= 0.3 is 12.0 Å². The Morgan fingerprint density at radius 3 is 2.40 bits per heavy atom. The maximum Gasteiger partial charge on any atom is 0.338 e. The van der Waals surface area contributed by atoms with Gasteiger partial charge in [-0.1, -0.05) is 17.7 Å². The largest absolute Gasteiger partial charge is 0.465 e. The van der Waals surface area contributed by atoms with Gasteiger partial charge in [0.25, 0.3) is 10.0 Å². The van der Waals surface area contributed by atoms with E-state index in [1.165, 1.54) is 37.6 Å². The van der Waals surface area contributed by atoms with Crippen LogP contribution in [0.3, 0.4) is 0 Å². The number of imide groups is 1. The summed E-state index contributed by atoms with van der Waals surface area (Å²) in [6, 6.07) is 7.78. The molecule has 0 aliphatic carbocycles. The Hall–Kier alpha value is -3.47. The van der Waals surface area contributed by atoms with Crippen molar-refractivity contribution < 1.29 is 27.5 Å². The Labute approximate surface area is 174 Å². The number of hydrogen-bond donors (Lipinski definition) is 2. The number of aromatic nitrogens is 1. The molecule has 0 aliphatic rings. The quantitative estimate of drug-likeness (QED) is 0.626. The van der Waals surface area contributed by atoms with Gasteiger partial charge in [-0.15, -0.1) is 0 Å². The van der Waals surface area contributed by atoms with Crippen LogP contribution in [-0.2, 0) is 19.6 Å². The fraction of sp³-hybridized carbons (Fsp3) is 0.263. The number of carbonyl (C=O) groups excluding carboxylic acids is 3. The molecular formula is C19H22N4O6S. The summed E-state index contributed by atoms with van der Waals surface area (Å²) in [5.74, 6) is -1.75. The molecule has 160 valence electrons. The molecule has 0 bridgehead atoms. The van der Waals surface area contributed by atoms with E-state index in [4.69, 9.17) is 0 Å². The summed E-state index contributed by atoms with van der Waals surface area (Å²) in [4.78, 5) is 39.7. The van der Waals surface area contributed by atoms with Gasteiger partial charge in [-0.25, -0.2) is 27.3 Å². The number of esters is 1. The minimum atomic E-state index is -4.24. The lowest BCUT2D eigenvalue weighted by molar-refractivity contribution is -0.118. The summed E-state index contributed by atoms with van der Waals surface area (Å²) < 4.78 is 31.8. The molecule has 0 atom stereocenters. The Morgan fingerprint density at radius 2 is 1.80 bits per heavy atom. The number of benzene rings is 1. The summed E-state index contributed by atoms with van der Waals surface area (Å²) in [6.45, 7) is 3.02. The first-order valence-electron chi connectivity index (χ1n) is 8.90. The number of nitrogens with zero attached hydrogens (tertiary/aromatic N) is 2. The van der Waals surface area contributed by atoms with Crippen molar-refractivity contribution in [3.8, 4) is 0 Å². The van der Waals surface area contributed by atoms with E-state index < -0.39 is 34.5 Å². The molecule has 3 amide bonds. The lowest BCUT2D eigenvalue weighted by Crippen LogP contribution is -2.46. The number of amides is 3. The molecule has 30 heavy (non-hydrogen) atoms. The molecule has 10 nitrogen and oxygen atoms in total. The SMILES string of the molecule is CCNC(=O)NC(=O)CN(c1cc(C(=O)OC)ccn1)S(=O)(=O)c1ccc(C)cc1. The van der Waals surface area contributed by atoms with Gasteiger partial charge < -0.3 is 10.1 Å². The maximum absolute atomic E-state index is 13.2. The highest BCUT2D eigenvalue weighted by molar-refractivity contribution is 7.92. The minimum absolute atomic E-state index is 0.0516. The summed E-state index contributed by atoms with van der Waals surface area (Å²) in [6.07, 6.45) is 1.22. The van der Waals surface area contributed by atoms with Crippen LogP contribution in [0.5, 0.6) is 0 Å². The maximum atomic E-state index is 13.2. The van der Waals surface area contributed by atoms with Crippen molar-refractivity contribution in [1.29, 1.82) is 0 Å². The number of aryl methyl sites for hydroxylation is 1. The van der Waals surface area contributed by atoms with Gasteiger partial charge in [-0.05, 0) is 38.1 Å². The van der Waals surface area contributed by atoms with Crippen LogP contribution in [0.25, 0.3) is 0 Å². The molecule has 0 saturated heterocycles. The standard InChI is InChI=1S/C19H22N4O6S/c1-4-20-19(26)22-17(24)12-23(16-11-14(9-10-21-16)18(25)29-3)30(27,28)15-7-5-13(2)6-8-15/h5-11H,4,12H2,1-3H3,(H2,20,22,24,26). The van der Waals surface area contributed by atoms with Crippen LogP contribution in [-0.4, -0.2) is 51.5 Å². The molecule has 2 rings (SSSR count). The van der Waals surface area contributed by atoms with E-state index in [1.54, 1.807) is 26.0 Å². The highest BCUT2D eigenvalue weighted by atomic mass is 32.2. The number of urea groups is 1. The van der Waals surface area contributed by atoms with E-state index in [-0.39, 0.29) is 22.8 Å². The molecule has 0 aliphatic heterocycles. The number of ether oxygens (including phenoxy) is 1. The number of pyridine rings is 1. The van der Waals surface area contributed by atoms with Gasteiger partial charge in [0, 0.05) is 12.7 Å². The highest BCUT2D eigenvalue weighted by Crippen LogP contribution is 2.23. The van der Waals surface area contributed by atoms with Crippen LogP contribution in [0.4, 0.5) is 10.6 Å². The van der Waals surface area contributed by atoms with Crippen LogP contribution in [0.2, 0.25) is 0 Å². The molecule has 0 radical (unpaired) electrons. The van der Waals surface area contributed by atoms with E-state index in [0.717, 1.165) is 9.87 Å². The summed E-state index contributed by atoms with van der Waals surface area (Å²) in [5, 5.41) is 4.43. The molecule has 0 spiro atoms. The Balaban J connectivity index is 2.47. The molecule has 11 heteroatoms. The summed E-state index contributed by atoms with van der Waals surface area (Å²) >= 11 is 0. The zero-order chi connectivity index (χ0) is 22.3. The zero-order valence-corrected chi connectivity index (χ0v) is 17.5. The molecular weight excluding hydrogens is 412 g/mol. The van der Waals surface area contributed by atoms with Gasteiger partial charge in [-0.2, -0.15) is 0 Å². The molecule has 1 aromatic heterocycles. The molecule has 1 heterocycles. The van der Waals surface area contributed by atoms with E-state index in [9.17, 15) is 22.8 Å². The van der Waals surface area contributed by atoms with E-state index >= 15 is 0 Å². The monoisotopic (exact) mass is 434 g/mol. The van der Waals surface area contributed by atoms with Crippen LogP contribution in [0, 0.1) is 6.92 Å². The summed E-state index contributed by atoms with van der Waals surface area (Å²) in [7, 11) is -3.05. The van der Waals surface area contributed by atoms with Crippen molar-refractivity contribution in [2.75, 3.05) is 24.5 Å². The van der Waals surface area contributed by atoms with Crippen LogP contribution < -0.4 is 14.9 Å². The predicted molar refractivity (Wildman–Crippen MR) is 109 cm³/mol. The predicted octanol–water partition coefficient (Wildman–Crippen LogP) is 1.22. The van der Waals surface area contributed by atoms with Crippen molar-refractivity contribution in [2.45, 2.75) is 18.7 Å². The number of methoxy groups -OCH3 is 1. The zero-order valence-electron chi connectivity index (χ0n) is 16.7. The third kappa shape index (κ3) is 5.54. The number of carbonyl (C=O) groups is 3. The lowest BCUT2D eigenvalue weighted by Gasteiger charge is -2.23. The van der Waals surface area contributed by atoms with Gasteiger partial charge in [0.1, 0.15) is 12.4 Å². The second-order valence-corrected chi connectivity index (χ2v) is 7.99. The third-order valence-corrected chi connectivity index (χ3v) is 5.67. The lowest BCUT2D eigenvalue weighted by atomic mass is 10.2. The first-order chi connectivity index (χ1) is 14.2. The van der Waals surface area contributed by atoms with Crippen molar-refractivity contribution in [1.82, 2.24) is 15.6 Å². The number of hydrogen-bond acceptors (Lipinski definition) is 7. The highest BCUT2D eigenvalue weighted by Gasteiger charge is 2.29. The van der Waals surface area contributed by atoms with E-state index in [1.807, 2.05) is 5.32 Å². The average Bonchev–Trinajstić information content (AvgIpc) is 2.71. The topological polar surface area (TPSA) is 135 Å². The second-order valence-electron chi connectivity index (χ2n) is 6.13. The van der Waals surface area contributed by atoms with Crippen molar-refractivity contribution >= 4 is 33.7 Å². The average molecular weight is 434 g/mol. The van der Waals surface area contributed by atoms with Gasteiger partial charge in [0.2, 0.25) is 5.91 Å².